The third kappa shape index (κ3) is 1.56. The fourth-order valence-electron chi connectivity index (χ4n) is 2.64. The van der Waals surface area contributed by atoms with E-state index in [1.807, 2.05) is 60.7 Å². The number of para-hydroxylation sites is 2. The Morgan fingerprint density at radius 3 is 2.50 bits per heavy atom. The Balaban J connectivity index is 1.81. The molecule has 0 saturated carbocycles. The quantitative estimate of drug-likeness (QED) is 0.471. The highest BCUT2D eigenvalue weighted by Crippen LogP contribution is 2.26. The third-order valence-corrected chi connectivity index (χ3v) is 3.68. The number of hydrogen-bond acceptors (Lipinski definition) is 4. The van der Waals surface area contributed by atoms with Crippen LogP contribution in [0.5, 0.6) is 0 Å². The summed E-state index contributed by atoms with van der Waals surface area (Å²) in [5.74, 6) is 1.34. The normalized spacial score (nSPS) is 11.6. The van der Waals surface area contributed by atoms with E-state index in [2.05, 4.69) is 15.1 Å². The van der Waals surface area contributed by atoms with Crippen molar-refractivity contribution in [1.82, 2.24) is 19.6 Å². The van der Waals surface area contributed by atoms with Crippen molar-refractivity contribution < 1.29 is 4.42 Å². The lowest BCUT2D eigenvalue weighted by Crippen LogP contribution is -1.93. The molecule has 5 rings (SSSR count). The van der Waals surface area contributed by atoms with Crippen LogP contribution in [0, 0.1) is 0 Å². The van der Waals surface area contributed by atoms with E-state index in [1.54, 1.807) is 4.52 Å². The van der Waals surface area contributed by atoms with Gasteiger partial charge >= 0.3 is 0 Å². The highest BCUT2D eigenvalue weighted by molar-refractivity contribution is 5.82. The minimum absolute atomic E-state index is 0.509. The number of nitrogens with zero attached hydrogens (tertiary/aromatic N) is 4. The zero-order valence-corrected chi connectivity index (χ0v) is 11.5. The van der Waals surface area contributed by atoms with Gasteiger partial charge in [0.15, 0.2) is 0 Å². The number of rotatable bonds is 1. The minimum Gasteiger partial charge on any atom is -0.435 e. The van der Waals surface area contributed by atoms with Crippen molar-refractivity contribution in [3.63, 3.8) is 0 Å². The summed E-state index contributed by atoms with van der Waals surface area (Å²) in [6, 6.07) is 19.6. The summed E-state index contributed by atoms with van der Waals surface area (Å²) in [5.41, 5.74) is 4.02. The van der Waals surface area contributed by atoms with E-state index in [0.717, 1.165) is 22.4 Å². The first kappa shape index (κ1) is 11.4. The fraction of sp³-hybridized carbons (Fsp3) is 0. The minimum atomic E-state index is 0.509. The van der Waals surface area contributed by atoms with E-state index >= 15 is 0 Å². The maximum Gasteiger partial charge on any atom is 0.263 e. The molecular formula is C17H10N4O. The van der Waals surface area contributed by atoms with E-state index in [4.69, 9.17) is 4.42 Å². The molecule has 5 heteroatoms. The predicted octanol–water partition coefficient (Wildman–Crippen LogP) is 3.69. The molecule has 0 fully saturated rings. The van der Waals surface area contributed by atoms with Gasteiger partial charge in [-0.05, 0) is 12.1 Å². The first-order valence-electron chi connectivity index (χ1n) is 6.99. The number of fused-ring (bicyclic) bond motifs is 4. The van der Waals surface area contributed by atoms with Crippen LogP contribution in [0.25, 0.3) is 39.4 Å². The largest absolute Gasteiger partial charge is 0.435 e. The molecule has 22 heavy (non-hydrogen) atoms. The Kier molecular flexibility index (Phi) is 2.16. The Bertz CT molecular complexity index is 1120. The van der Waals surface area contributed by atoms with Gasteiger partial charge < -0.3 is 4.42 Å². The smallest absolute Gasteiger partial charge is 0.263 e. The molecule has 0 spiro atoms. The average molecular weight is 286 g/mol. The molecule has 104 valence electrons. The number of aromatic nitrogens is 4. The second-order valence-corrected chi connectivity index (χ2v) is 5.09. The molecule has 0 saturated heterocycles. The molecule has 0 aliphatic heterocycles. The molecule has 3 aromatic heterocycles. The SMILES string of the molecule is c1ccc(-c2cc3nc4nc5ccccc5n4nc3o2)cc1. The van der Waals surface area contributed by atoms with Crippen LogP contribution in [-0.2, 0) is 0 Å². The Morgan fingerprint density at radius 1 is 0.818 bits per heavy atom. The summed E-state index contributed by atoms with van der Waals surface area (Å²) in [7, 11) is 0. The zero-order valence-electron chi connectivity index (χ0n) is 11.5. The van der Waals surface area contributed by atoms with Crippen LogP contribution >= 0.6 is 0 Å². The molecule has 5 nitrogen and oxygen atoms in total. The van der Waals surface area contributed by atoms with E-state index < -0.39 is 0 Å². The molecule has 0 bridgehead atoms. The lowest BCUT2D eigenvalue weighted by Gasteiger charge is -1.94. The molecule has 5 aromatic rings. The van der Waals surface area contributed by atoms with Crippen LogP contribution in [-0.4, -0.2) is 19.6 Å². The maximum atomic E-state index is 5.86. The molecule has 0 radical (unpaired) electrons. The van der Waals surface area contributed by atoms with Gasteiger partial charge in [0.25, 0.3) is 11.5 Å². The summed E-state index contributed by atoms with van der Waals surface area (Å²) in [6.45, 7) is 0. The van der Waals surface area contributed by atoms with Crippen LogP contribution in [0.3, 0.4) is 0 Å². The first-order valence-corrected chi connectivity index (χ1v) is 6.99. The molecule has 2 aromatic carbocycles. The highest BCUT2D eigenvalue weighted by Gasteiger charge is 2.12. The summed E-state index contributed by atoms with van der Waals surface area (Å²) >= 11 is 0. The summed E-state index contributed by atoms with van der Waals surface area (Å²) in [5, 5.41) is 4.54. The molecule has 0 aliphatic rings. The zero-order chi connectivity index (χ0) is 14.5. The van der Waals surface area contributed by atoms with Gasteiger partial charge in [0.1, 0.15) is 11.3 Å². The molecule has 3 heterocycles. The standard InChI is InChI=1S/C17H10N4O/c1-2-6-11(7-3-1)15-10-13-16(22-15)20-21-14-9-5-4-8-12(14)18-17(21)19-13/h1-10H. The van der Waals surface area contributed by atoms with E-state index in [0.29, 0.717) is 17.0 Å². The monoisotopic (exact) mass is 286 g/mol. The van der Waals surface area contributed by atoms with Crippen molar-refractivity contribution in [2.45, 2.75) is 0 Å². The van der Waals surface area contributed by atoms with Gasteiger partial charge in [0.05, 0.1) is 11.0 Å². The maximum absolute atomic E-state index is 5.86. The molecule has 0 unspecified atom stereocenters. The predicted molar refractivity (Wildman–Crippen MR) is 83.5 cm³/mol. The van der Waals surface area contributed by atoms with Crippen molar-refractivity contribution >= 4 is 28.0 Å². The van der Waals surface area contributed by atoms with E-state index in [-0.39, 0.29) is 0 Å². The van der Waals surface area contributed by atoms with Gasteiger partial charge in [-0.25, -0.2) is 9.97 Å². The molecule has 0 N–H and O–H groups in total. The Hall–Kier alpha value is -3.21. The van der Waals surface area contributed by atoms with Crippen LogP contribution < -0.4 is 0 Å². The number of imidazole rings is 1. The van der Waals surface area contributed by atoms with E-state index in [1.165, 1.54) is 0 Å². The van der Waals surface area contributed by atoms with Crippen LogP contribution in [0.1, 0.15) is 0 Å². The van der Waals surface area contributed by atoms with Crippen molar-refractivity contribution in [1.29, 1.82) is 0 Å². The Morgan fingerprint density at radius 2 is 1.59 bits per heavy atom. The summed E-state index contributed by atoms with van der Waals surface area (Å²) in [6.07, 6.45) is 0. The summed E-state index contributed by atoms with van der Waals surface area (Å²) < 4.78 is 7.58. The van der Waals surface area contributed by atoms with Gasteiger partial charge in [0.2, 0.25) is 0 Å². The van der Waals surface area contributed by atoms with Crippen LogP contribution in [0.2, 0.25) is 0 Å². The third-order valence-electron chi connectivity index (χ3n) is 3.68. The molecule has 0 atom stereocenters. The van der Waals surface area contributed by atoms with Gasteiger partial charge in [0, 0.05) is 11.6 Å². The molecule has 0 amide bonds. The van der Waals surface area contributed by atoms with Crippen molar-refractivity contribution in [3.8, 4) is 11.3 Å². The van der Waals surface area contributed by atoms with Gasteiger partial charge in [-0.1, -0.05) is 42.5 Å². The topological polar surface area (TPSA) is 56.2 Å². The van der Waals surface area contributed by atoms with Crippen molar-refractivity contribution in [2.75, 3.05) is 0 Å². The highest BCUT2D eigenvalue weighted by atomic mass is 16.3. The van der Waals surface area contributed by atoms with Gasteiger partial charge in [-0.15, -0.1) is 5.10 Å². The Labute approximate surface area is 124 Å². The van der Waals surface area contributed by atoms with Crippen molar-refractivity contribution in [2.24, 2.45) is 0 Å². The van der Waals surface area contributed by atoms with E-state index in [9.17, 15) is 0 Å². The van der Waals surface area contributed by atoms with Crippen molar-refractivity contribution in [3.05, 3.63) is 60.7 Å². The fourth-order valence-corrected chi connectivity index (χ4v) is 2.64. The molecular weight excluding hydrogens is 276 g/mol. The second kappa shape index (κ2) is 4.14. The number of hydrogen-bond donors (Lipinski definition) is 0. The number of furan rings is 1. The first-order chi connectivity index (χ1) is 10.9. The average Bonchev–Trinajstić information content (AvgIpc) is 3.14. The number of benzene rings is 2. The van der Waals surface area contributed by atoms with Crippen LogP contribution in [0.15, 0.2) is 65.1 Å². The van der Waals surface area contributed by atoms with Crippen LogP contribution in [0.4, 0.5) is 0 Å². The molecule has 0 aliphatic carbocycles. The lowest BCUT2D eigenvalue weighted by atomic mass is 10.2. The summed E-state index contributed by atoms with van der Waals surface area (Å²) in [4.78, 5) is 9.05. The lowest BCUT2D eigenvalue weighted by molar-refractivity contribution is 0.608. The van der Waals surface area contributed by atoms with Gasteiger partial charge in [-0.3, -0.25) is 0 Å². The van der Waals surface area contributed by atoms with Gasteiger partial charge in [-0.2, -0.15) is 4.52 Å². The second-order valence-electron chi connectivity index (χ2n) is 5.09.